The van der Waals surface area contributed by atoms with Crippen molar-refractivity contribution in [1.82, 2.24) is 0 Å². The highest BCUT2D eigenvalue weighted by atomic mass is 79.9. The molecule has 3 nitrogen and oxygen atoms in total. The van der Waals surface area contributed by atoms with Gasteiger partial charge in [0.1, 0.15) is 5.76 Å². The Morgan fingerprint density at radius 2 is 1.68 bits per heavy atom. The van der Waals surface area contributed by atoms with Crippen molar-refractivity contribution in [3.63, 3.8) is 0 Å². The average Bonchev–Trinajstić information content (AvgIpc) is 2.84. The van der Waals surface area contributed by atoms with Gasteiger partial charge in [-0.2, -0.15) is 0 Å². The Morgan fingerprint density at radius 1 is 1.05 bits per heavy atom. The molecule has 2 aromatic rings. The maximum atomic E-state index is 5.56. The first-order valence-corrected chi connectivity index (χ1v) is 7.87. The number of methoxy groups -OCH3 is 2. The first-order chi connectivity index (χ1) is 9.06. The third-order valence-electron chi connectivity index (χ3n) is 2.62. The molecule has 1 atom stereocenters. The molecule has 1 unspecified atom stereocenters. The van der Waals surface area contributed by atoms with Crippen LogP contribution in [0.15, 0.2) is 37.8 Å². The van der Waals surface area contributed by atoms with Crippen molar-refractivity contribution in [2.45, 2.75) is 4.83 Å². The summed E-state index contributed by atoms with van der Waals surface area (Å²) < 4.78 is 17.8. The van der Waals surface area contributed by atoms with E-state index in [2.05, 4.69) is 47.8 Å². The van der Waals surface area contributed by atoms with Crippen molar-refractivity contribution >= 4 is 47.8 Å². The highest BCUT2D eigenvalue weighted by Gasteiger charge is 2.20. The van der Waals surface area contributed by atoms with Crippen LogP contribution in [-0.2, 0) is 0 Å². The molecule has 0 saturated carbocycles. The molecule has 0 aliphatic heterocycles. The molecule has 1 heterocycles. The number of ether oxygens (including phenoxy) is 2. The molecule has 102 valence electrons. The summed E-state index contributed by atoms with van der Waals surface area (Å²) in [6.07, 6.45) is 0. The number of benzene rings is 1. The van der Waals surface area contributed by atoms with Gasteiger partial charge >= 0.3 is 0 Å². The molecule has 0 spiro atoms. The number of halogens is 3. The van der Waals surface area contributed by atoms with Crippen molar-refractivity contribution in [2.75, 3.05) is 14.2 Å². The quantitative estimate of drug-likeness (QED) is 0.587. The van der Waals surface area contributed by atoms with Gasteiger partial charge in [-0.1, -0.05) is 31.9 Å². The van der Waals surface area contributed by atoms with E-state index < -0.39 is 0 Å². The Balaban J connectivity index is 2.44. The zero-order valence-corrected chi connectivity index (χ0v) is 15.0. The van der Waals surface area contributed by atoms with Crippen LogP contribution < -0.4 is 9.47 Å². The molecule has 0 N–H and O–H groups in total. The molecular weight excluding hydrogens is 444 g/mol. The molecule has 0 fully saturated rings. The topological polar surface area (TPSA) is 31.6 Å². The molecular formula is C13H11Br3O3. The van der Waals surface area contributed by atoms with Crippen LogP contribution >= 0.6 is 47.8 Å². The zero-order valence-electron chi connectivity index (χ0n) is 10.2. The maximum absolute atomic E-state index is 5.56. The van der Waals surface area contributed by atoms with Gasteiger partial charge in [-0.3, -0.25) is 0 Å². The van der Waals surface area contributed by atoms with Crippen molar-refractivity contribution < 1.29 is 13.9 Å². The van der Waals surface area contributed by atoms with E-state index in [0.29, 0.717) is 16.2 Å². The van der Waals surface area contributed by atoms with Crippen molar-refractivity contribution in [3.8, 4) is 11.5 Å². The Kier molecular flexibility index (Phi) is 4.97. The standard InChI is InChI=1S/C13H11Br3O3/c1-17-10-5-7(8(14)6-11(10)18-2)13(16)9-3-4-12(15)19-9/h3-6,13H,1-2H3. The SMILES string of the molecule is COc1cc(Br)c(C(Br)c2ccc(Br)o2)cc1OC. The minimum atomic E-state index is -0.0759. The highest BCUT2D eigenvalue weighted by Crippen LogP contribution is 2.42. The van der Waals surface area contributed by atoms with E-state index in [0.717, 1.165) is 15.8 Å². The summed E-state index contributed by atoms with van der Waals surface area (Å²) in [5.74, 6) is 2.16. The highest BCUT2D eigenvalue weighted by molar-refractivity contribution is 9.11. The molecule has 1 aromatic heterocycles. The summed E-state index contributed by atoms with van der Waals surface area (Å²) in [7, 11) is 3.22. The lowest BCUT2D eigenvalue weighted by molar-refractivity contribution is 0.354. The molecule has 0 aliphatic carbocycles. The van der Waals surface area contributed by atoms with E-state index in [1.165, 1.54) is 0 Å². The smallest absolute Gasteiger partial charge is 0.169 e. The molecule has 0 aliphatic rings. The largest absolute Gasteiger partial charge is 0.493 e. The van der Waals surface area contributed by atoms with E-state index in [1.807, 2.05) is 24.3 Å². The van der Waals surface area contributed by atoms with Crippen LogP contribution in [0, 0.1) is 0 Å². The summed E-state index contributed by atoms with van der Waals surface area (Å²) in [4.78, 5) is -0.0759. The Morgan fingerprint density at radius 3 is 2.21 bits per heavy atom. The fourth-order valence-corrected chi connectivity index (χ4v) is 3.48. The van der Waals surface area contributed by atoms with E-state index in [4.69, 9.17) is 13.9 Å². The Hall–Kier alpha value is -0.460. The van der Waals surface area contributed by atoms with Gasteiger partial charge in [0.25, 0.3) is 0 Å². The van der Waals surface area contributed by atoms with Crippen LogP contribution in [0.4, 0.5) is 0 Å². The summed E-state index contributed by atoms with van der Waals surface area (Å²) in [5, 5.41) is 0. The van der Waals surface area contributed by atoms with Gasteiger partial charge in [0, 0.05) is 4.47 Å². The molecule has 1 aromatic carbocycles. The Labute approximate surface area is 136 Å². The average molecular weight is 455 g/mol. The van der Waals surface area contributed by atoms with Gasteiger partial charge < -0.3 is 13.9 Å². The molecule has 0 bridgehead atoms. The summed E-state index contributed by atoms with van der Waals surface area (Å²) in [6.45, 7) is 0. The molecule has 0 amide bonds. The molecule has 2 rings (SSSR count). The van der Waals surface area contributed by atoms with Gasteiger partial charge in [0.2, 0.25) is 0 Å². The fourth-order valence-electron chi connectivity index (χ4n) is 1.68. The molecule has 0 radical (unpaired) electrons. The summed E-state index contributed by atoms with van der Waals surface area (Å²) >= 11 is 10.5. The molecule has 0 saturated heterocycles. The molecule has 19 heavy (non-hydrogen) atoms. The van der Waals surface area contributed by atoms with Crippen LogP contribution in [0.25, 0.3) is 0 Å². The van der Waals surface area contributed by atoms with Crippen LogP contribution in [-0.4, -0.2) is 14.2 Å². The van der Waals surface area contributed by atoms with Crippen molar-refractivity contribution in [2.24, 2.45) is 0 Å². The van der Waals surface area contributed by atoms with Gasteiger partial charge in [-0.05, 0) is 45.8 Å². The van der Waals surface area contributed by atoms with Gasteiger partial charge in [0.05, 0.1) is 19.0 Å². The first kappa shape index (κ1) is 14.9. The number of furan rings is 1. The third-order valence-corrected chi connectivity index (χ3v) is 4.68. The summed E-state index contributed by atoms with van der Waals surface area (Å²) in [5.41, 5.74) is 1.000. The van der Waals surface area contributed by atoms with Gasteiger partial charge in [-0.15, -0.1) is 0 Å². The number of rotatable bonds is 4. The van der Waals surface area contributed by atoms with Gasteiger partial charge in [0.15, 0.2) is 16.2 Å². The third kappa shape index (κ3) is 3.17. The van der Waals surface area contributed by atoms with Crippen molar-refractivity contribution in [1.29, 1.82) is 0 Å². The second-order valence-electron chi connectivity index (χ2n) is 3.73. The fraction of sp³-hybridized carbons (Fsp3) is 0.231. The zero-order chi connectivity index (χ0) is 14.0. The number of hydrogen-bond acceptors (Lipinski definition) is 3. The van der Waals surface area contributed by atoms with Crippen LogP contribution in [0.2, 0.25) is 0 Å². The van der Waals surface area contributed by atoms with Crippen LogP contribution in [0.3, 0.4) is 0 Å². The van der Waals surface area contributed by atoms with Crippen molar-refractivity contribution in [3.05, 3.63) is 44.7 Å². The van der Waals surface area contributed by atoms with Crippen LogP contribution in [0.1, 0.15) is 16.2 Å². The summed E-state index contributed by atoms with van der Waals surface area (Å²) in [6, 6.07) is 7.56. The first-order valence-electron chi connectivity index (χ1n) is 5.37. The monoisotopic (exact) mass is 452 g/mol. The second kappa shape index (κ2) is 6.33. The predicted molar refractivity (Wildman–Crippen MR) is 84.4 cm³/mol. The van der Waals surface area contributed by atoms with E-state index in [-0.39, 0.29) is 4.83 Å². The maximum Gasteiger partial charge on any atom is 0.169 e. The number of hydrogen-bond donors (Lipinski definition) is 0. The van der Waals surface area contributed by atoms with Gasteiger partial charge in [-0.25, -0.2) is 0 Å². The van der Waals surface area contributed by atoms with Crippen LogP contribution in [0.5, 0.6) is 11.5 Å². The minimum Gasteiger partial charge on any atom is -0.493 e. The normalized spacial score (nSPS) is 12.3. The van der Waals surface area contributed by atoms with E-state index in [1.54, 1.807) is 14.2 Å². The minimum absolute atomic E-state index is 0.0759. The molecule has 6 heteroatoms. The van der Waals surface area contributed by atoms with E-state index in [9.17, 15) is 0 Å². The Bertz CT molecular complexity index is 581. The predicted octanol–water partition coefficient (Wildman–Crippen LogP) is 5.31. The number of alkyl halides is 1. The lowest BCUT2D eigenvalue weighted by Crippen LogP contribution is -1.97. The lowest BCUT2D eigenvalue weighted by Gasteiger charge is -2.14. The van der Waals surface area contributed by atoms with E-state index >= 15 is 0 Å². The second-order valence-corrected chi connectivity index (χ2v) is 6.28. The lowest BCUT2D eigenvalue weighted by atomic mass is 10.1.